The summed E-state index contributed by atoms with van der Waals surface area (Å²) in [5.74, 6) is 2.87. The lowest BCUT2D eigenvalue weighted by Gasteiger charge is -2.36. The average molecular weight is 310 g/mol. The van der Waals surface area contributed by atoms with E-state index in [2.05, 4.69) is 5.32 Å². The van der Waals surface area contributed by atoms with Crippen LogP contribution in [0.5, 0.6) is 0 Å². The third-order valence-electron chi connectivity index (χ3n) is 3.20. The van der Waals surface area contributed by atoms with E-state index in [1.807, 2.05) is 0 Å². The molecule has 0 aromatic heterocycles. The van der Waals surface area contributed by atoms with E-state index in [0.717, 1.165) is 17.4 Å². The highest BCUT2D eigenvalue weighted by Crippen LogP contribution is 2.23. The van der Waals surface area contributed by atoms with E-state index in [9.17, 15) is 13.2 Å². The minimum absolute atomic E-state index is 0.0534. The summed E-state index contributed by atoms with van der Waals surface area (Å²) in [5.41, 5.74) is 0. The van der Waals surface area contributed by atoms with Crippen LogP contribution in [-0.4, -0.2) is 66.1 Å². The highest BCUT2D eigenvalue weighted by Gasteiger charge is 2.38. The molecule has 5 nitrogen and oxygen atoms in total. The van der Waals surface area contributed by atoms with E-state index in [1.54, 1.807) is 35.3 Å². The first kappa shape index (κ1) is 14.5. The van der Waals surface area contributed by atoms with Crippen molar-refractivity contribution in [3.05, 3.63) is 0 Å². The summed E-state index contributed by atoms with van der Waals surface area (Å²) in [5, 5.41) is 2.48. The average Bonchev–Trinajstić information content (AvgIpc) is 2.92. The van der Waals surface area contributed by atoms with Crippen LogP contribution >= 0.6 is 23.5 Å². The molecule has 0 aliphatic carbocycles. The van der Waals surface area contributed by atoms with E-state index < -0.39 is 15.2 Å². The van der Waals surface area contributed by atoms with Crippen molar-refractivity contribution in [3.63, 3.8) is 0 Å². The van der Waals surface area contributed by atoms with Crippen LogP contribution in [-0.2, 0) is 14.6 Å². The second-order valence-corrected chi connectivity index (χ2v) is 8.91. The number of hydrogen-bond donors (Lipinski definition) is 1. The van der Waals surface area contributed by atoms with Crippen molar-refractivity contribution >= 4 is 39.3 Å². The van der Waals surface area contributed by atoms with Gasteiger partial charge in [0.15, 0.2) is 9.84 Å². The summed E-state index contributed by atoms with van der Waals surface area (Å²) in [6.07, 6.45) is 0. The molecular formula is C10H18N2O3S3. The molecule has 1 amide bonds. The largest absolute Gasteiger partial charge is 0.323 e. The summed E-state index contributed by atoms with van der Waals surface area (Å²) in [6, 6.07) is -0.215. The van der Waals surface area contributed by atoms with Gasteiger partial charge in [0.2, 0.25) is 5.91 Å². The molecular weight excluding hydrogens is 292 g/mol. The van der Waals surface area contributed by atoms with Crippen LogP contribution < -0.4 is 5.32 Å². The number of thioether (sulfide) groups is 2. The predicted octanol–water partition coefficient (Wildman–Crippen LogP) is -0.0149. The van der Waals surface area contributed by atoms with Gasteiger partial charge in [-0.25, -0.2) is 8.42 Å². The highest BCUT2D eigenvalue weighted by atomic mass is 32.2. The highest BCUT2D eigenvalue weighted by molar-refractivity contribution is 8.01. The maximum absolute atomic E-state index is 12.3. The van der Waals surface area contributed by atoms with E-state index >= 15 is 0 Å². The van der Waals surface area contributed by atoms with Gasteiger partial charge in [0.05, 0.1) is 6.04 Å². The standard InChI is InChI=1S/C10H18N2O3S3/c1-2-18(14,15)9-6-16-4-3-12(9)10(13)8-5-17-7-11-8/h8-9,11H,2-7H2,1H3. The third kappa shape index (κ3) is 2.97. The SMILES string of the molecule is CCS(=O)(=O)C1CSCCN1C(=O)C1CSCN1. The Bertz CT molecular complexity index is 407. The molecule has 18 heavy (non-hydrogen) atoms. The Balaban J connectivity index is 2.15. The lowest BCUT2D eigenvalue weighted by molar-refractivity contribution is -0.133. The first-order chi connectivity index (χ1) is 8.56. The number of nitrogens with zero attached hydrogens (tertiary/aromatic N) is 1. The minimum atomic E-state index is -3.20. The molecule has 0 aromatic carbocycles. The second-order valence-electron chi connectivity index (χ2n) is 4.28. The molecule has 2 heterocycles. The molecule has 0 aromatic rings. The number of carbonyl (C=O) groups is 1. The Morgan fingerprint density at radius 2 is 2.17 bits per heavy atom. The number of hydrogen-bond acceptors (Lipinski definition) is 6. The molecule has 104 valence electrons. The Morgan fingerprint density at radius 3 is 2.78 bits per heavy atom. The molecule has 2 unspecified atom stereocenters. The molecule has 0 bridgehead atoms. The van der Waals surface area contributed by atoms with E-state index in [0.29, 0.717) is 12.3 Å². The normalized spacial score (nSPS) is 29.5. The fourth-order valence-corrected chi connectivity index (χ4v) is 5.98. The molecule has 0 saturated carbocycles. The molecule has 0 spiro atoms. The summed E-state index contributed by atoms with van der Waals surface area (Å²) < 4.78 is 24.1. The number of rotatable bonds is 3. The zero-order chi connectivity index (χ0) is 13.2. The zero-order valence-corrected chi connectivity index (χ0v) is 12.7. The van der Waals surface area contributed by atoms with Crippen molar-refractivity contribution in [1.29, 1.82) is 0 Å². The molecule has 8 heteroatoms. The maximum Gasteiger partial charge on any atom is 0.241 e. The lowest BCUT2D eigenvalue weighted by Crippen LogP contribution is -2.55. The van der Waals surface area contributed by atoms with E-state index in [4.69, 9.17) is 0 Å². The summed E-state index contributed by atoms with van der Waals surface area (Å²) >= 11 is 3.29. The van der Waals surface area contributed by atoms with Crippen molar-refractivity contribution in [1.82, 2.24) is 10.2 Å². The van der Waals surface area contributed by atoms with Crippen molar-refractivity contribution < 1.29 is 13.2 Å². The Morgan fingerprint density at radius 1 is 1.39 bits per heavy atom. The van der Waals surface area contributed by atoms with Crippen LogP contribution in [0.3, 0.4) is 0 Å². The number of carbonyl (C=O) groups excluding carboxylic acids is 1. The number of nitrogens with one attached hydrogen (secondary N) is 1. The molecule has 2 fully saturated rings. The van der Waals surface area contributed by atoms with Crippen LogP contribution in [0.2, 0.25) is 0 Å². The van der Waals surface area contributed by atoms with Crippen molar-refractivity contribution in [2.75, 3.05) is 35.4 Å². The number of amides is 1. The van der Waals surface area contributed by atoms with Gasteiger partial charge in [0, 0.05) is 35.4 Å². The van der Waals surface area contributed by atoms with Crippen LogP contribution in [0.1, 0.15) is 6.92 Å². The van der Waals surface area contributed by atoms with E-state index in [1.165, 1.54) is 0 Å². The summed E-state index contributed by atoms with van der Waals surface area (Å²) in [6.45, 7) is 2.18. The van der Waals surface area contributed by atoms with Gasteiger partial charge in [-0.1, -0.05) is 6.92 Å². The van der Waals surface area contributed by atoms with Gasteiger partial charge in [-0.05, 0) is 0 Å². The fraction of sp³-hybridized carbons (Fsp3) is 0.900. The Kier molecular flexibility index (Phi) is 4.85. The van der Waals surface area contributed by atoms with Crippen molar-refractivity contribution in [2.24, 2.45) is 0 Å². The molecule has 2 saturated heterocycles. The molecule has 1 N–H and O–H groups in total. The quantitative estimate of drug-likeness (QED) is 0.791. The fourth-order valence-electron chi connectivity index (χ4n) is 2.08. The lowest BCUT2D eigenvalue weighted by atomic mass is 10.3. The third-order valence-corrected chi connectivity index (χ3v) is 7.43. The molecule has 0 radical (unpaired) electrons. The van der Waals surface area contributed by atoms with Gasteiger partial charge in [-0.15, -0.1) is 11.8 Å². The zero-order valence-electron chi connectivity index (χ0n) is 10.3. The molecule has 2 aliphatic heterocycles. The number of sulfone groups is 1. The minimum Gasteiger partial charge on any atom is -0.323 e. The van der Waals surface area contributed by atoms with Gasteiger partial charge in [-0.2, -0.15) is 11.8 Å². The van der Waals surface area contributed by atoms with Gasteiger partial charge in [-0.3, -0.25) is 10.1 Å². The van der Waals surface area contributed by atoms with Gasteiger partial charge in [0.25, 0.3) is 0 Å². The predicted molar refractivity (Wildman–Crippen MR) is 76.5 cm³/mol. The second kappa shape index (κ2) is 6.02. The van der Waals surface area contributed by atoms with Gasteiger partial charge < -0.3 is 4.90 Å². The van der Waals surface area contributed by atoms with Crippen LogP contribution in [0.15, 0.2) is 0 Å². The molecule has 2 aliphatic rings. The topological polar surface area (TPSA) is 66.5 Å². The van der Waals surface area contributed by atoms with Gasteiger partial charge >= 0.3 is 0 Å². The van der Waals surface area contributed by atoms with Crippen molar-refractivity contribution in [3.8, 4) is 0 Å². The van der Waals surface area contributed by atoms with Crippen LogP contribution in [0.25, 0.3) is 0 Å². The van der Waals surface area contributed by atoms with E-state index in [-0.39, 0.29) is 17.7 Å². The van der Waals surface area contributed by atoms with Crippen LogP contribution in [0.4, 0.5) is 0 Å². The maximum atomic E-state index is 12.3. The smallest absolute Gasteiger partial charge is 0.241 e. The Hall–Kier alpha value is 0.0800. The Labute approximate surface area is 116 Å². The monoisotopic (exact) mass is 310 g/mol. The van der Waals surface area contributed by atoms with Crippen LogP contribution in [0, 0.1) is 0 Å². The molecule has 2 atom stereocenters. The summed E-state index contributed by atoms with van der Waals surface area (Å²) in [7, 11) is -3.20. The molecule has 2 rings (SSSR count). The van der Waals surface area contributed by atoms with Crippen molar-refractivity contribution in [2.45, 2.75) is 18.3 Å². The summed E-state index contributed by atoms with van der Waals surface area (Å²) in [4.78, 5) is 13.9. The first-order valence-electron chi connectivity index (χ1n) is 5.97. The van der Waals surface area contributed by atoms with Gasteiger partial charge in [0.1, 0.15) is 5.37 Å². The first-order valence-corrected chi connectivity index (χ1v) is 9.99.